The third-order valence-corrected chi connectivity index (χ3v) is 5.38. The maximum absolute atomic E-state index is 13.2. The minimum atomic E-state index is -0.0736. The van der Waals surface area contributed by atoms with Gasteiger partial charge in [0.2, 0.25) is 0 Å². The fourth-order valence-electron chi connectivity index (χ4n) is 3.27. The number of carbonyl (C=O) groups excluding carboxylic acids is 1. The molecule has 0 bridgehead atoms. The summed E-state index contributed by atoms with van der Waals surface area (Å²) in [6.07, 6.45) is 1.83. The van der Waals surface area contributed by atoms with Gasteiger partial charge in [0.15, 0.2) is 0 Å². The largest absolute Gasteiger partial charge is 0.495 e. The van der Waals surface area contributed by atoms with Crippen molar-refractivity contribution in [2.45, 2.75) is 19.8 Å². The van der Waals surface area contributed by atoms with E-state index in [1.54, 1.807) is 26.4 Å². The maximum Gasteiger partial charge on any atom is 0.258 e. The highest BCUT2D eigenvalue weighted by molar-refractivity contribution is 9.10. The first-order valence-electron chi connectivity index (χ1n) is 7.98. The smallest absolute Gasteiger partial charge is 0.258 e. The lowest BCUT2D eigenvalue weighted by Crippen LogP contribution is -2.36. The zero-order valence-electron chi connectivity index (χ0n) is 14.4. The number of amides is 1. The van der Waals surface area contributed by atoms with Crippen LogP contribution in [0.1, 0.15) is 27.9 Å². The molecule has 0 aliphatic carbocycles. The summed E-state index contributed by atoms with van der Waals surface area (Å²) >= 11 is 9.62. The lowest BCUT2D eigenvalue weighted by Gasteiger charge is -2.31. The molecule has 0 fully saturated rings. The zero-order valence-corrected chi connectivity index (χ0v) is 16.7. The fraction of sp³-hybridized carbons (Fsp3) is 0.316. The number of carbonyl (C=O) groups is 1. The van der Waals surface area contributed by atoms with Gasteiger partial charge in [-0.3, -0.25) is 4.79 Å². The van der Waals surface area contributed by atoms with Gasteiger partial charge in [0.1, 0.15) is 16.0 Å². The molecule has 2 aromatic rings. The minimum Gasteiger partial charge on any atom is -0.495 e. The number of benzene rings is 2. The summed E-state index contributed by atoms with van der Waals surface area (Å²) < 4.78 is 11.4. The minimum absolute atomic E-state index is 0.0736. The molecule has 3 rings (SSSR count). The number of anilines is 1. The van der Waals surface area contributed by atoms with Gasteiger partial charge in [-0.25, -0.2) is 0 Å². The molecule has 0 aromatic heterocycles. The molecule has 1 aliphatic heterocycles. The van der Waals surface area contributed by atoms with Crippen LogP contribution in [0.15, 0.2) is 28.7 Å². The molecule has 1 amide bonds. The van der Waals surface area contributed by atoms with E-state index in [2.05, 4.69) is 15.9 Å². The predicted octanol–water partition coefficient (Wildman–Crippen LogP) is 5.02. The third kappa shape index (κ3) is 3.35. The van der Waals surface area contributed by atoms with Crippen molar-refractivity contribution in [3.63, 3.8) is 0 Å². The summed E-state index contributed by atoms with van der Waals surface area (Å²) in [5.74, 6) is 1.05. The molecule has 0 N–H and O–H groups in total. The molecule has 6 heteroatoms. The molecule has 1 aliphatic rings. The zero-order chi connectivity index (χ0) is 18.1. The first-order valence-corrected chi connectivity index (χ1v) is 9.15. The standard InChI is InChI=1S/C19H19BrClNO3/c1-11-7-14(21)8-12-5-4-6-22(18(11)12)19(23)13-9-15(24-2)17(20)16(10-13)25-3/h7-10H,4-6H2,1-3H3. The number of fused-ring (bicyclic) bond motifs is 1. The second kappa shape index (κ2) is 7.26. The Morgan fingerprint density at radius 1 is 1.16 bits per heavy atom. The monoisotopic (exact) mass is 423 g/mol. The van der Waals surface area contributed by atoms with E-state index in [0.29, 0.717) is 33.1 Å². The molecular weight excluding hydrogens is 406 g/mol. The van der Waals surface area contributed by atoms with Crippen LogP contribution < -0.4 is 14.4 Å². The molecule has 25 heavy (non-hydrogen) atoms. The van der Waals surface area contributed by atoms with Crippen molar-refractivity contribution in [1.82, 2.24) is 0 Å². The van der Waals surface area contributed by atoms with Crippen molar-refractivity contribution in [3.8, 4) is 11.5 Å². The van der Waals surface area contributed by atoms with Crippen LogP contribution in [0.3, 0.4) is 0 Å². The van der Waals surface area contributed by atoms with Crippen LogP contribution in [0.5, 0.6) is 11.5 Å². The number of ether oxygens (including phenoxy) is 2. The Hall–Kier alpha value is -1.72. The number of halogens is 2. The van der Waals surface area contributed by atoms with E-state index in [1.165, 1.54) is 0 Å². The number of hydrogen-bond donors (Lipinski definition) is 0. The molecule has 0 spiro atoms. The Bertz CT molecular complexity index is 813. The van der Waals surface area contributed by atoms with Crippen molar-refractivity contribution >= 4 is 39.1 Å². The molecule has 0 unspecified atom stereocenters. The second-order valence-electron chi connectivity index (χ2n) is 5.99. The summed E-state index contributed by atoms with van der Waals surface area (Å²) in [7, 11) is 3.13. The van der Waals surface area contributed by atoms with E-state index in [1.807, 2.05) is 24.0 Å². The summed E-state index contributed by atoms with van der Waals surface area (Å²) in [4.78, 5) is 15.0. The number of nitrogens with zero attached hydrogens (tertiary/aromatic N) is 1. The van der Waals surface area contributed by atoms with Crippen molar-refractivity contribution in [3.05, 3.63) is 50.5 Å². The van der Waals surface area contributed by atoms with Crippen LogP contribution >= 0.6 is 27.5 Å². The van der Waals surface area contributed by atoms with Crippen molar-refractivity contribution in [1.29, 1.82) is 0 Å². The number of methoxy groups -OCH3 is 2. The number of hydrogen-bond acceptors (Lipinski definition) is 3. The highest BCUT2D eigenvalue weighted by atomic mass is 79.9. The Balaban J connectivity index is 2.07. The van der Waals surface area contributed by atoms with Gasteiger partial charge in [0.05, 0.1) is 19.9 Å². The molecule has 1 heterocycles. The maximum atomic E-state index is 13.2. The summed E-state index contributed by atoms with van der Waals surface area (Å²) in [5, 5.41) is 0.706. The third-order valence-electron chi connectivity index (χ3n) is 4.38. The van der Waals surface area contributed by atoms with Crippen LogP contribution in [0.4, 0.5) is 5.69 Å². The van der Waals surface area contributed by atoms with Gasteiger partial charge in [-0.2, -0.15) is 0 Å². The van der Waals surface area contributed by atoms with E-state index in [0.717, 1.165) is 29.7 Å². The van der Waals surface area contributed by atoms with E-state index in [-0.39, 0.29) is 5.91 Å². The van der Waals surface area contributed by atoms with Crippen LogP contribution in [0.25, 0.3) is 0 Å². The van der Waals surface area contributed by atoms with E-state index < -0.39 is 0 Å². The Labute approximate surface area is 160 Å². The van der Waals surface area contributed by atoms with Crippen molar-refractivity contribution in [2.24, 2.45) is 0 Å². The lowest BCUT2D eigenvalue weighted by atomic mass is 9.97. The van der Waals surface area contributed by atoms with Gasteiger partial charge in [0, 0.05) is 17.1 Å². The van der Waals surface area contributed by atoms with E-state index >= 15 is 0 Å². The summed E-state index contributed by atoms with van der Waals surface area (Å²) in [5.41, 5.74) is 3.60. The summed E-state index contributed by atoms with van der Waals surface area (Å²) in [6, 6.07) is 7.31. The molecular formula is C19H19BrClNO3. The molecule has 2 aromatic carbocycles. The van der Waals surface area contributed by atoms with Gasteiger partial charge < -0.3 is 14.4 Å². The van der Waals surface area contributed by atoms with Crippen molar-refractivity contribution in [2.75, 3.05) is 25.7 Å². The average Bonchev–Trinajstić information content (AvgIpc) is 2.60. The van der Waals surface area contributed by atoms with Gasteiger partial charge >= 0.3 is 0 Å². The fourth-order valence-corrected chi connectivity index (χ4v) is 4.12. The van der Waals surface area contributed by atoms with Crippen molar-refractivity contribution < 1.29 is 14.3 Å². The van der Waals surface area contributed by atoms with Crippen LogP contribution in [-0.4, -0.2) is 26.7 Å². The van der Waals surface area contributed by atoms with Gasteiger partial charge in [0.25, 0.3) is 5.91 Å². The Kier molecular flexibility index (Phi) is 5.25. The predicted molar refractivity (Wildman–Crippen MR) is 103 cm³/mol. The molecule has 0 saturated heterocycles. The molecule has 0 saturated carbocycles. The second-order valence-corrected chi connectivity index (χ2v) is 7.21. The van der Waals surface area contributed by atoms with Crippen LogP contribution in [-0.2, 0) is 6.42 Å². The number of rotatable bonds is 3. The summed E-state index contributed by atoms with van der Waals surface area (Å²) in [6.45, 7) is 2.66. The van der Waals surface area contributed by atoms with E-state index in [4.69, 9.17) is 21.1 Å². The van der Waals surface area contributed by atoms with Crippen LogP contribution in [0, 0.1) is 6.92 Å². The topological polar surface area (TPSA) is 38.8 Å². The highest BCUT2D eigenvalue weighted by Gasteiger charge is 2.27. The van der Waals surface area contributed by atoms with E-state index in [9.17, 15) is 4.79 Å². The Morgan fingerprint density at radius 2 is 1.80 bits per heavy atom. The average molecular weight is 425 g/mol. The SMILES string of the molecule is COc1cc(C(=O)N2CCCc3cc(Cl)cc(C)c32)cc(OC)c1Br. The van der Waals surface area contributed by atoms with Gasteiger partial charge in [-0.1, -0.05) is 11.6 Å². The normalized spacial score (nSPS) is 13.4. The lowest BCUT2D eigenvalue weighted by molar-refractivity contribution is 0.0984. The molecule has 4 nitrogen and oxygen atoms in total. The van der Waals surface area contributed by atoms with Gasteiger partial charge in [-0.15, -0.1) is 0 Å². The van der Waals surface area contributed by atoms with Gasteiger partial charge in [-0.05, 0) is 71.1 Å². The quantitative estimate of drug-likeness (QED) is 0.694. The first kappa shape index (κ1) is 18.1. The molecule has 132 valence electrons. The molecule has 0 radical (unpaired) electrons. The first-order chi connectivity index (χ1) is 12.0. The molecule has 0 atom stereocenters. The Morgan fingerprint density at radius 3 is 2.40 bits per heavy atom. The number of aryl methyl sites for hydroxylation is 2. The highest BCUT2D eigenvalue weighted by Crippen LogP contribution is 2.38. The van der Waals surface area contributed by atoms with Crippen LogP contribution in [0.2, 0.25) is 5.02 Å².